The highest BCUT2D eigenvalue weighted by atomic mass is 16.4. The van der Waals surface area contributed by atoms with Crippen molar-refractivity contribution >= 4 is 11.5 Å². The van der Waals surface area contributed by atoms with Crippen molar-refractivity contribution in [2.24, 2.45) is 21.8 Å². The predicted molar refractivity (Wildman–Crippen MR) is 99.8 cm³/mol. The van der Waals surface area contributed by atoms with Crippen LogP contribution in [0.5, 0.6) is 0 Å². The second-order valence-corrected chi connectivity index (χ2v) is 6.40. The molecule has 4 N–H and O–H groups in total. The molecule has 5 nitrogen and oxygen atoms in total. The Labute approximate surface area is 144 Å². The van der Waals surface area contributed by atoms with Crippen LogP contribution in [0.1, 0.15) is 31.7 Å². The van der Waals surface area contributed by atoms with Crippen LogP contribution >= 0.6 is 0 Å². The summed E-state index contributed by atoms with van der Waals surface area (Å²) in [6.45, 7) is 4.74. The molecular formula is C19H28N4O. The molecule has 0 amide bonds. The molecule has 0 aromatic heterocycles. The van der Waals surface area contributed by atoms with Crippen molar-refractivity contribution in [2.75, 3.05) is 19.6 Å². The van der Waals surface area contributed by atoms with Gasteiger partial charge in [-0.2, -0.15) is 0 Å². The number of hydrogen-bond donors (Lipinski definition) is 3. The minimum Gasteiger partial charge on any atom is -0.410 e. The van der Waals surface area contributed by atoms with Gasteiger partial charge in [0.05, 0.1) is 0 Å². The van der Waals surface area contributed by atoms with Crippen LogP contribution in [-0.4, -0.2) is 36.4 Å². The minimum absolute atomic E-state index is 0.312. The lowest BCUT2D eigenvalue weighted by Crippen LogP contribution is -2.24. The highest BCUT2D eigenvalue weighted by molar-refractivity contribution is 6.45. The molecular weight excluding hydrogens is 300 g/mol. The van der Waals surface area contributed by atoms with E-state index in [0.29, 0.717) is 24.0 Å². The maximum Gasteiger partial charge on any atom is 0.148 e. The van der Waals surface area contributed by atoms with E-state index in [9.17, 15) is 5.21 Å². The summed E-state index contributed by atoms with van der Waals surface area (Å²) in [6, 6.07) is 10.4. The summed E-state index contributed by atoms with van der Waals surface area (Å²) in [4.78, 5) is 4.38. The van der Waals surface area contributed by atoms with Gasteiger partial charge in [-0.05, 0) is 63.3 Å². The van der Waals surface area contributed by atoms with E-state index in [-0.39, 0.29) is 0 Å². The van der Waals surface area contributed by atoms with Crippen LogP contribution in [0.25, 0.3) is 0 Å². The van der Waals surface area contributed by atoms with Crippen molar-refractivity contribution in [3.05, 3.63) is 47.5 Å². The fourth-order valence-corrected chi connectivity index (χ4v) is 2.85. The molecule has 1 fully saturated rings. The van der Waals surface area contributed by atoms with Gasteiger partial charge in [0.1, 0.15) is 11.5 Å². The summed E-state index contributed by atoms with van der Waals surface area (Å²) in [6.07, 6.45) is 5.98. The normalized spacial score (nSPS) is 19.7. The first-order valence-electron chi connectivity index (χ1n) is 8.63. The zero-order chi connectivity index (χ0) is 17.2. The quantitative estimate of drug-likeness (QED) is 0.297. The number of nitrogens with zero attached hydrogens (tertiary/aromatic N) is 2. The number of amidine groups is 1. The van der Waals surface area contributed by atoms with E-state index < -0.39 is 0 Å². The number of nitrogens with one attached hydrogen (secondary N) is 1. The van der Waals surface area contributed by atoms with Gasteiger partial charge in [-0.3, -0.25) is 4.99 Å². The second kappa shape index (κ2) is 9.88. The van der Waals surface area contributed by atoms with Crippen LogP contribution in [0.15, 0.2) is 52.1 Å². The van der Waals surface area contributed by atoms with Crippen molar-refractivity contribution in [1.82, 2.24) is 5.32 Å². The summed E-state index contributed by atoms with van der Waals surface area (Å²) in [5.74, 6) is 0.839. The third-order valence-corrected chi connectivity index (χ3v) is 4.31. The molecule has 0 spiro atoms. The Hall–Kier alpha value is -2.14. The highest BCUT2D eigenvalue weighted by Crippen LogP contribution is 2.11. The molecule has 1 heterocycles. The van der Waals surface area contributed by atoms with Gasteiger partial charge in [0.25, 0.3) is 0 Å². The Morgan fingerprint density at radius 1 is 1.38 bits per heavy atom. The van der Waals surface area contributed by atoms with Crippen LogP contribution in [0, 0.1) is 5.92 Å². The number of aliphatic imine (C=N–C) groups is 1. The maximum atomic E-state index is 9.21. The van der Waals surface area contributed by atoms with Gasteiger partial charge in [-0.15, -0.1) is 0 Å². The van der Waals surface area contributed by atoms with Crippen molar-refractivity contribution in [2.45, 2.75) is 32.6 Å². The Morgan fingerprint density at radius 2 is 2.17 bits per heavy atom. The van der Waals surface area contributed by atoms with Crippen LogP contribution in [0.4, 0.5) is 0 Å². The van der Waals surface area contributed by atoms with E-state index in [1.807, 2.05) is 19.1 Å². The maximum absolute atomic E-state index is 9.21. The molecule has 130 valence electrons. The van der Waals surface area contributed by atoms with E-state index in [2.05, 4.69) is 39.7 Å². The fraction of sp³-hybridized carbons (Fsp3) is 0.474. The summed E-state index contributed by atoms with van der Waals surface area (Å²) >= 11 is 0. The predicted octanol–water partition coefficient (Wildman–Crippen LogP) is 2.75. The minimum atomic E-state index is 0.312. The lowest BCUT2D eigenvalue weighted by molar-refractivity contribution is 0.320. The SMILES string of the molecule is C/C(=C\C(=N/O)C(N)=NCC1CCNC1)CCCc1ccccc1. The van der Waals surface area contributed by atoms with Crippen molar-refractivity contribution in [3.8, 4) is 0 Å². The van der Waals surface area contributed by atoms with Gasteiger partial charge >= 0.3 is 0 Å². The number of oxime groups is 1. The Balaban J connectivity index is 1.82. The largest absolute Gasteiger partial charge is 0.410 e. The number of nitrogens with two attached hydrogens (primary N) is 1. The molecule has 0 bridgehead atoms. The lowest BCUT2D eigenvalue weighted by atomic mass is 10.0. The van der Waals surface area contributed by atoms with E-state index in [1.54, 1.807) is 0 Å². The van der Waals surface area contributed by atoms with Gasteiger partial charge in [-0.25, -0.2) is 0 Å². The Kier molecular flexibility index (Phi) is 7.49. The summed E-state index contributed by atoms with van der Waals surface area (Å²) in [5.41, 5.74) is 8.81. The van der Waals surface area contributed by atoms with Crippen LogP contribution in [-0.2, 0) is 6.42 Å². The third-order valence-electron chi connectivity index (χ3n) is 4.31. The van der Waals surface area contributed by atoms with Gasteiger partial charge in [0, 0.05) is 6.54 Å². The molecule has 0 radical (unpaired) electrons. The van der Waals surface area contributed by atoms with Gasteiger partial charge < -0.3 is 16.3 Å². The van der Waals surface area contributed by atoms with Crippen molar-refractivity contribution in [3.63, 3.8) is 0 Å². The average molecular weight is 328 g/mol. The summed E-state index contributed by atoms with van der Waals surface area (Å²) < 4.78 is 0. The smallest absolute Gasteiger partial charge is 0.148 e. The van der Waals surface area contributed by atoms with Crippen molar-refractivity contribution < 1.29 is 5.21 Å². The monoisotopic (exact) mass is 328 g/mol. The number of rotatable bonds is 8. The average Bonchev–Trinajstić information content (AvgIpc) is 3.12. The van der Waals surface area contributed by atoms with E-state index in [4.69, 9.17) is 5.73 Å². The molecule has 1 aromatic carbocycles. The second-order valence-electron chi connectivity index (χ2n) is 6.40. The molecule has 24 heavy (non-hydrogen) atoms. The summed E-state index contributed by atoms with van der Waals surface area (Å²) in [5, 5.41) is 15.8. The van der Waals surface area contributed by atoms with Gasteiger partial charge in [-0.1, -0.05) is 41.1 Å². The van der Waals surface area contributed by atoms with E-state index in [0.717, 1.165) is 44.3 Å². The van der Waals surface area contributed by atoms with Gasteiger partial charge in [0.15, 0.2) is 0 Å². The van der Waals surface area contributed by atoms with E-state index >= 15 is 0 Å². The Morgan fingerprint density at radius 3 is 2.83 bits per heavy atom. The number of allylic oxidation sites excluding steroid dienone is 1. The zero-order valence-electron chi connectivity index (χ0n) is 14.4. The Bertz CT molecular complexity index is 587. The first-order valence-corrected chi connectivity index (χ1v) is 8.63. The molecule has 2 rings (SSSR count). The molecule has 1 aliphatic rings. The van der Waals surface area contributed by atoms with Crippen LogP contribution < -0.4 is 11.1 Å². The van der Waals surface area contributed by atoms with Gasteiger partial charge in [0.2, 0.25) is 0 Å². The number of hydrogen-bond acceptors (Lipinski definition) is 4. The van der Waals surface area contributed by atoms with Crippen molar-refractivity contribution in [1.29, 1.82) is 0 Å². The molecule has 0 aliphatic carbocycles. The molecule has 1 unspecified atom stereocenters. The third kappa shape index (κ3) is 6.16. The highest BCUT2D eigenvalue weighted by Gasteiger charge is 2.14. The molecule has 0 saturated carbocycles. The first kappa shape index (κ1) is 18.2. The standard InChI is InChI=1S/C19H28N4O/c1-15(6-5-9-16-7-3-2-4-8-16)12-18(23-24)19(20)22-14-17-10-11-21-13-17/h2-4,7-8,12,17,21,24H,5-6,9-11,13-14H2,1H3,(H2,20,22)/b15-12+,23-18+. The lowest BCUT2D eigenvalue weighted by Gasteiger charge is -2.06. The number of aryl methyl sites for hydroxylation is 1. The zero-order valence-corrected chi connectivity index (χ0v) is 14.4. The topological polar surface area (TPSA) is 83.0 Å². The number of benzene rings is 1. The molecule has 1 aromatic rings. The van der Waals surface area contributed by atoms with Crippen LogP contribution in [0.3, 0.4) is 0 Å². The molecule has 1 aliphatic heterocycles. The van der Waals surface area contributed by atoms with Crippen LogP contribution in [0.2, 0.25) is 0 Å². The first-order chi connectivity index (χ1) is 11.7. The molecule has 1 atom stereocenters. The summed E-state index contributed by atoms with van der Waals surface area (Å²) in [7, 11) is 0. The fourth-order valence-electron chi connectivity index (χ4n) is 2.85. The van der Waals surface area contributed by atoms with E-state index in [1.165, 1.54) is 5.56 Å². The molecule has 1 saturated heterocycles. The molecule has 5 heteroatoms.